The molecule has 4 nitrogen and oxygen atoms in total. The van der Waals surface area contributed by atoms with Crippen molar-refractivity contribution < 1.29 is 9.59 Å². The maximum atomic E-state index is 12.6. The van der Waals surface area contributed by atoms with Crippen LogP contribution in [0.3, 0.4) is 0 Å². The molecule has 1 aliphatic carbocycles. The van der Waals surface area contributed by atoms with E-state index in [1.54, 1.807) is 0 Å². The second-order valence-corrected chi connectivity index (χ2v) is 6.87. The molecule has 1 N–H and O–H groups in total. The Morgan fingerprint density at radius 1 is 1.29 bits per heavy atom. The molecule has 0 spiro atoms. The van der Waals surface area contributed by atoms with Crippen LogP contribution in [-0.4, -0.2) is 35.3 Å². The van der Waals surface area contributed by atoms with E-state index in [1.165, 1.54) is 32.1 Å². The highest BCUT2D eigenvalue weighted by atomic mass is 16.2. The molecule has 0 radical (unpaired) electrons. The molecule has 1 heterocycles. The first-order valence-electron chi connectivity index (χ1n) is 8.65. The predicted molar refractivity (Wildman–Crippen MR) is 83.8 cm³/mol. The number of hydrogen-bond acceptors (Lipinski definition) is 2. The molecule has 21 heavy (non-hydrogen) atoms. The molecule has 1 saturated heterocycles. The maximum absolute atomic E-state index is 12.6. The van der Waals surface area contributed by atoms with E-state index in [0.29, 0.717) is 0 Å². The Morgan fingerprint density at radius 3 is 2.57 bits per heavy atom. The molecule has 0 aromatic heterocycles. The summed E-state index contributed by atoms with van der Waals surface area (Å²) in [6.07, 6.45) is 8.55. The zero-order valence-corrected chi connectivity index (χ0v) is 13.7. The summed E-state index contributed by atoms with van der Waals surface area (Å²) < 4.78 is 0. The van der Waals surface area contributed by atoms with E-state index in [2.05, 4.69) is 12.2 Å². The normalized spacial score (nSPS) is 28.8. The van der Waals surface area contributed by atoms with Crippen LogP contribution in [-0.2, 0) is 9.59 Å². The highest BCUT2D eigenvalue weighted by Crippen LogP contribution is 2.29. The van der Waals surface area contributed by atoms with Crippen LogP contribution in [0.2, 0.25) is 0 Å². The molecule has 3 atom stereocenters. The van der Waals surface area contributed by atoms with Gasteiger partial charge in [0.2, 0.25) is 11.8 Å². The number of rotatable bonds is 6. The van der Waals surface area contributed by atoms with Gasteiger partial charge in [0.05, 0.1) is 0 Å². The van der Waals surface area contributed by atoms with Crippen LogP contribution in [0.1, 0.15) is 65.7 Å². The van der Waals surface area contributed by atoms with Crippen molar-refractivity contribution in [2.24, 2.45) is 11.8 Å². The minimum Gasteiger partial charge on any atom is -0.342 e. The number of piperazine rings is 1. The first-order valence-corrected chi connectivity index (χ1v) is 8.65. The lowest BCUT2D eigenvalue weighted by molar-refractivity contribution is -0.150. The third-order valence-electron chi connectivity index (χ3n) is 5.39. The van der Waals surface area contributed by atoms with Gasteiger partial charge in [-0.1, -0.05) is 46.0 Å². The van der Waals surface area contributed by atoms with Gasteiger partial charge in [0.15, 0.2) is 0 Å². The van der Waals surface area contributed by atoms with Gasteiger partial charge in [0.1, 0.15) is 12.1 Å². The molecule has 3 unspecified atom stereocenters. The van der Waals surface area contributed by atoms with Crippen molar-refractivity contribution in [2.75, 3.05) is 6.54 Å². The van der Waals surface area contributed by atoms with Crippen molar-refractivity contribution in [3.05, 3.63) is 0 Å². The van der Waals surface area contributed by atoms with Crippen molar-refractivity contribution in [1.82, 2.24) is 10.2 Å². The molecule has 1 saturated carbocycles. The predicted octanol–water partition coefficient (Wildman–Crippen LogP) is 2.72. The number of carbonyl (C=O) groups is 2. The maximum Gasteiger partial charge on any atom is 0.246 e. The Morgan fingerprint density at radius 2 is 1.95 bits per heavy atom. The Balaban J connectivity index is 1.91. The summed E-state index contributed by atoms with van der Waals surface area (Å²) in [5, 5.41) is 2.90. The summed E-state index contributed by atoms with van der Waals surface area (Å²) in [6, 6.07) is -0.647. The number of carbonyl (C=O) groups excluding carboxylic acids is 2. The Bertz CT molecular complexity index is 377. The van der Waals surface area contributed by atoms with E-state index in [9.17, 15) is 9.59 Å². The summed E-state index contributed by atoms with van der Waals surface area (Å²) in [5.74, 6) is 1.16. The highest BCUT2D eigenvalue weighted by Gasteiger charge is 2.39. The van der Waals surface area contributed by atoms with Crippen LogP contribution in [0.4, 0.5) is 0 Å². The fourth-order valence-electron chi connectivity index (χ4n) is 3.62. The summed E-state index contributed by atoms with van der Waals surface area (Å²) in [6.45, 7) is 6.68. The molecule has 2 aliphatic rings. The Labute approximate surface area is 128 Å². The first kappa shape index (κ1) is 16.3. The van der Waals surface area contributed by atoms with Gasteiger partial charge in [-0.2, -0.15) is 0 Å². The number of hydrogen-bond donors (Lipinski definition) is 1. The molecule has 0 aromatic carbocycles. The largest absolute Gasteiger partial charge is 0.342 e. The first-order chi connectivity index (χ1) is 10.0. The third-order valence-corrected chi connectivity index (χ3v) is 5.39. The van der Waals surface area contributed by atoms with Crippen LogP contribution < -0.4 is 5.32 Å². The molecular weight excluding hydrogens is 264 g/mol. The topological polar surface area (TPSA) is 49.4 Å². The number of nitrogens with one attached hydrogen (secondary N) is 1. The van der Waals surface area contributed by atoms with Crippen molar-refractivity contribution >= 4 is 11.8 Å². The number of nitrogens with zero attached hydrogens (tertiary/aromatic N) is 1. The average Bonchev–Trinajstić information content (AvgIpc) is 2.99. The standard InChI is InChI=1S/C17H30N2O2/c1-4-12(2)15-17(21)19(13(3)16(20)18-15)11-7-10-14-8-5-6-9-14/h12-15H,4-11H2,1-3H3,(H,18,20). The lowest BCUT2D eigenvalue weighted by atomic mass is 9.94. The zero-order valence-electron chi connectivity index (χ0n) is 13.7. The smallest absolute Gasteiger partial charge is 0.246 e. The average molecular weight is 294 g/mol. The molecule has 1 aliphatic heterocycles. The monoisotopic (exact) mass is 294 g/mol. The molecule has 2 amide bonds. The van der Waals surface area contributed by atoms with Gasteiger partial charge in [0, 0.05) is 6.54 Å². The summed E-state index contributed by atoms with van der Waals surface area (Å²) in [7, 11) is 0. The van der Waals surface area contributed by atoms with Crippen LogP contribution in [0, 0.1) is 11.8 Å². The second-order valence-electron chi connectivity index (χ2n) is 6.87. The van der Waals surface area contributed by atoms with Gasteiger partial charge < -0.3 is 10.2 Å². The van der Waals surface area contributed by atoms with E-state index in [-0.39, 0.29) is 29.8 Å². The third kappa shape index (κ3) is 3.78. The van der Waals surface area contributed by atoms with E-state index in [0.717, 1.165) is 25.3 Å². The highest BCUT2D eigenvalue weighted by molar-refractivity contribution is 5.96. The van der Waals surface area contributed by atoms with Crippen LogP contribution in [0.15, 0.2) is 0 Å². The van der Waals surface area contributed by atoms with E-state index < -0.39 is 0 Å². The van der Waals surface area contributed by atoms with Crippen molar-refractivity contribution in [2.45, 2.75) is 77.8 Å². The number of amides is 2. The van der Waals surface area contributed by atoms with Gasteiger partial charge in [-0.05, 0) is 31.6 Å². The van der Waals surface area contributed by atoms with E-state index in [4.69, 9.17) is 0 Å². The van der Waals surface area contributed by atoms with Gasteiger partial charge in [0.25, 0.3) is 0 Å². The minimum absolute atomic E-state index is 0.000710. The van der Waals surface area contributed by atoms with Gasteiger partial charge in [-0.25, -0.2) is 0 Å². The Hall–Kier alpha value is -1.06. The second kappa shape index (κ2) is 7.28. The molecule has 2 fully saturated rings. The van der Waals surface area contributed by atoms with Gasteiger partial charge in [-0.3, -0.25) is 9.59 Å². The van der Waals surface area contributed by atoms with Crippen molar-refractivity contribution in [1.29, 1.82) is 0 Å². The summed E-state index contributed by atoms with van der Waals surface area (Å²) in [4.78, 5) is 26.5. The molecule has 120 valence electrons. The molecule has 0 aromatic rings. The minimum atomic E-state index is -0.329. The lowest BCUT2D eigenvalue weighted by Crippen LogP contribution is -2.64. The van der Waals surface area contributed by atoms with Crippen molar-refractivity contribution in [3.63, 3.8) is 0 Å². The fourth-order valence-corrected chi connectivity index (χ4v) is 3.62. The van der Waals surface area contributed by atoms with Crippen LogP contribution in [0.25, 0.3) is 0 Å². The molecule has 2 rings (SSSR count). The zero-order chi connectivity index (χ0) is 15.4. The SMILES string of the molecule is CCC(C)C1NC(=O)C(C)N(CCCC2CCCC2)C1=O. The van der Waals surface area contributed by atoms with Gasteiger partial charge in [-0.15, -0.1) is 0 Å². The molecular formula is C17H30N2O2. The summed E-state index contributed by atoms with van der Waals surface area (Å²) >= 11 is 0. The fraction of sp³-hybridized carbons (Fsp3) is 0.882. The van der Waals surface area contributed by atoms with Crippen molar-refractivity contribution in [3.8, 4) is 0 Å². The van der Waals surface area contributed by atoms with Gasteiger partial charge >= 0.3 is 0 Å². The van der Waals surface area contributed by atoms with Crippen LogP contribution >= 0.6 is 0 Å². The molecule has 4 heteroatoms. The van der Waals surface area contributed by atoms with E-state index in [1.807, 2.05) is 18.7 Å². The lowest BCUT2D eigenvalue weighted by Gasteiger charge is -2.39. The molecule has 0 bridgehead atoms. The quantitative estimate of drug-likeness (QED) is 0.819. The summed E-state index contributed by atoms with van der Waals surface area (Å²) in [5.41, 5.74) is 0. The van der Waals surface area contributed by atoms with Crippen LogP contribution in [0.5, 0.6) is 0 Å². The van der Waals surface area contributed by atoms with E-state index >= 15 is 0 Å². The Kier molecular flexibility index (Phi) is 5.65.